The van der Waals surface area contributed by atoms with E-state index in [0.29, 0.717) is 5.75 Å². The Morgan fingerprint density at radius 2 is 1.58 bits per heavy atom. The monoisotopic (exact) mass is 265 g/mol. The lowest BCUT2D eigenvalue weighted by Gasteiger charge is -2.43. The van der Waals surface area contributed by atoms with E-state index in [2.05, 4.69) is 11.4 Å². The van der Waals surface area contributed by atoms with Gasteiger partial charge in [0.05, 0.1) is 21.3 Å². The summed E-state index contributed by atoms with van der Waals surface area (Å²) < 4.78 is 16.3. The van der Waals surface area contributed by atoms with E-state index >= 15 is 0 Å². The summed E-state index contributed by atoms with van der Waals surface area (Å²) in [5.41, 5.74) is 1.38. The molecule has 1 aliphatic carbocycles. The molecular formula is C15H23NO3. The fraction of sp³-hybridized carbons (Fsp3) is 0.600. The molecule has 0 saturated heterocycles. The van der Waals surface area contributed by atoms with Gasteiger partial charge in [-0.05, 0) is 26.0 Å². The molecule has 0 spiro atoms. The third-order valence-corrected chi connectivity index (χ3v) is 4.10. The van der Waals surface area contributed by atoms with Crippen LogP contribution in [-0.2, 0) is 5.41 Å². The average Bonchev–Trinajstić information content (AvgIpc) is 2.41. The van der Waals surface area contributed by atoms with Crippen molar-refractivity contribution in [2.45, 2.75) is 24.7 Å². The van der Waals surface area contributed by atoms with Crippen LogP contribution in [0.15, 0.2) is 12.1 Å². The molecule has 0 atom stereocenters. The normalized spacial score (nSPS) is 16.6. The van der Waals surface area contributed by atoms with E-state index in [1.165, 1.54) is 24.8 Å². The van der Waals surface area contributed by atoms with Gasteiger partial charge in [-0.1, -0.05) is 6.42 Å². The highest BCUT2D eigenvalue weighted by molar-refractivity contribution is 5.54. The Morgan fingerprint density at radius 1 is 1.00 bits per heavy atom. The Balaban J connectivity index is 2.48. The van der Waals surface area contributed by atoms with Crippen LogP contribution in [0.3, 0.4) is 0 Å². The van der Waals surface area contributed by atoms with Gasteiger partial charge >= 0.3 is 0 Å². The number of hydrogen-bond donors (Lipinski definition) is 1. The van der Waals surface area contributed by atoms with Crippen LogP contribution in [0.5, 0.6) is 17.2 Å². The van der Waals surface area contributed by atoms with Crippen molar-refractivity contribution in [1.29, 1.82) is 0 Å². The standard InChI is InChI=1S/C15H23NO3/c1-16-10-15(6-5-7-15)11-8-13(18-3)14(19-4)9-12(11)17-2/h8-9,16H,5-7,10H2,1-4H3. The first-order valence-corrected chi connectivity index (χ1v) is 6.66. The third-order valence-electron chi connectivity index (χ3n) is 4.10. The zero-order chi connectivity index (χ0) is 13.9. The Bertz CT molecular complexity index is 441. The van der Waals surface area contributed by atoms with Crippen molar-refractivity contribution in [3.8, 4) is 17.2 Å². The molecule has 0 amide bonds. The van der Waals surface area contributed by atoms with Crippen molar-refractivity contribution in [3.05, 3.63) is 17.7 Å². The van der Waals surface area contributed by atoms with Crippen LogP contribution < -0.4 is 19.5 Å². The van der Waals surface area contributed by atoms with E-state index in [-0.39, 0.29) is 5.41 Å². The van der Waals surface area contributed by atoms with Gasteiger partial charge in [-0.15, -0.1) is 0 Å². The van der Waals surface area contributed by atoms with Crippen molar-refractivity contribution >= 4 is 0 Å². The number of methoxy groups -OCH3 is 3. The second-order valence-corrected chi connectivity index (χ2v) is 5.07. The van der Waals surface area contributed by atoms with Crippen LogP contribution in [-0.4, -0.2) is 34.9 Å². The lowest BCUT2D eigenvalue weighted by atomic mass is 9.64. The summed E-state index contributed by atoms with van der Waals surface area (Å²) >= 11 is 0. The van der Waals surface area contributed by atoms with Gasteiger partial charge in [0.1, 0.15) is 5.75 Å². The van der Waals surface area contributed by atoms with Crippen molar-refractivity contribution < 1.29 is 14.2 Å². The van der Waals surface area contributed by atoms with E-state index in [9.17, 15) is 0 Å². The van der Waals surface area contributed by atoms with Gasteiger partial charge < -0.3 is 19.5 Å². The fourth-order valence-corrected chi connectivity index (χ4v) is 2.93. The van der Waals surface area contributed by atoms with Gasteiger partial charge in [0.25, 0.3) is 0 Å². The molecule has 0 bridgehead atoms. The smallest absolute Gasteiger partial charge is 0.164 e. The number of likely N-dealkylation sites (N-methyl/N-ethyl adjacent to an activating group) is 1. The zero-order valence-corrected chi connectivity index (χ0v) is 12.2. The molecule has 19 heavy (non-hydrogen) atoms. The van der Waals surface area contributed by atoms with Crippen LogP contribution in [0.4, 0.5) is 0 Å². The minimum absolute atomic E-state index is 0.166. The summed E-state index contributed by atoms with van der Waals surface area (Å²) in [5, 5.41) is 3.30. The number of benzene rings is 1. The highest BCUT2D eigenvalue weighted by Crippen LogP contribution is 2.49. The summed E-state index contributed by atoms with van der Waals surface area (Å²) in [7, 11) is 7.01. The predicted molar refractivity (Wildman–Crippen MR) is 75.6 cm³/mol. The predicted octanol–water partition coefficient (Wildman–Crippen LogP) is 2.35. The molecule has 0 aliphatic heterocycles. The van der Waals surface area contributed by atoms with Crippen LogP contribution in [0, 0.1) is 0 Å². The van der Waals surface area contributed by atoms with Crippen molar-refractivity contribution in [3.63, 3.8) is 0 Å². The summed E-state index contributed by atoms with van der Waals surface area (Å²) in [6, 6.07) is 3.98. The zero-order valence-electron chi connectivity index (χ0n) is 12.2. The Morgan fingerprint density at radius 3 is 2.00 bits per heavy atom. The lowest BCUT2D eigenvalue weighted by Crippen LogP contribution is -2.43. The summed E-state index contributed by atoms with van der Waals surface area (Å²) in [6.45, 7) is 0.957. The Kier molecular flexibility index (Phi) is 4.20. The van der Waals surface area contributed by atoms with Crippen LogP contribution in [0.25, 0.3) is 0 Å². The SMILES string of the molecule is CNCC1(c2cc(OC)c(OC)cc2OC)CCC1. The van der Waals surface area contributed by atoms with Gasteiger partial charge in [0.2, 0.25) is 0 Å². The molecule has 4 nitrogen and oxygen atoms in total. The molecule has 106 valence electrons. The molecule has 1 aromatic carbocycles. The van der Waals surface area contributed by atoms with E-state index in [4.69, 9.17) is 14.2 Å². The number of ether oxygens (including phenoxy) is 3. The summed E-state index contributed by atoms with van der Waals surface area (Å²) in [4.78, 5) is 0. The highest BCUT2D eigenvalue weighted by atomic mass is 16.5. The topological polar surface area (TPSA) is 39.7 Å². The molecular weight excluding hydrogens is 242 g/mol. The van der Waals surface area contributed by atoms with Crippen molar-refractivity contribution in [2.75, 3.05) is 34.9 Å². The van der Waals surface area contributed by atoms with E-state index in [1.54, 1.807) is 21.3 Å². The summed E-state index contributed by atoms with van der Waals surface area (Å²) in [6.07, 6.45) is 3.62. The first kappa shape index (κ1) is 14.0. The molecule has 1 N–H and O–H groups in total. The van der Waals surface area contributed by atoms with Crippen LogP contribution >= 0.6 is 0 Å². The molecule has 0 radical (unpaired) electrons. The largest absolute Gasteiger partial charge is 0.496 e. The summed E-state index contributed by atoms with van der Waals surface area (Å²) in [5.74, 6) is 2.36. The lowest BCUT2D eigenvalue weighted by molar-refractivity contribution is 0.228. The number of nitrogens with one attached hydrogen (secondary N) is 1. The number of rotatable bonds is 6. The molecule has 4 heteroatoms. The highest BCUT2D eigenvalue weighted by Gasteiger charge is 2.40. The molecule has 0 aromatic heterocycles. The minimum atomic E-state index is 0.166. The van der Waals surface area contributed by atoms with Gasteiger partial charge in [-0.25, -0.2) is 0 Å². The Labute approximate surface area is 115 Å². The number of hydrogen-bond acceptors (Lipinski definition) is 4. The second kappa shape index (κ2) is 5.70. The molecule has 1 aromatic rings. The van der Waals surface area contributed by atoms with E-state index < -0.39 is 0 Å². The molecule has 2 rings (SSSR count). The molecule has 0 heterocycles. The van der Waals surface area contributed by atoms with Crippen LogP contribution in [0.1, 0.15) is 24.8 Å². The maximum absolute atomic E-state index is 5.55. The second-order valence-electron chi connectivity index (χ2n) is 5.07. The first-order valence-electron chi connectivity index (χ1n) is 6.66. The van der Waals surface area contributed by atoms with E-state index in [0.717, 1.165) is 18.0 Å². The molecule has 0 unspecified atom stereocenters. The molecule has 1 fully saturated rings. The minimum Gasteiger partial charge on any atom is -0.496 e. The van der Waals surface area contributed by atoms with Crippen molar-refractivity contribution in [1.82, 2.24) is 5.32 Å². The van der Waals surface area contributed by atoms with Gasteiger partial charge in [0, 0.05) is 23.6 Å². The molecule has 1 aliphatic rings. The van der Waals surface area contributed by atoms with Gasteiger partial charge in [0.15, 0.2) is 11.5 Å². The van der Waals surface area contributed by atoms with Gasteiger partial charge in [-0.3, -0.25) is 0 Å². The van der Waals surface area contributed by atoms with E-state index in [1.807, 2.05) is 13.1 Å². The van der Waals surface area contributed by atoms with Crippen LogP contribution in [0.2, 0.25) is 0 Å². The third kappa shape index (κ3) is 2.37. The van der Waals surface area contributed by atoms with Gasteiger partial charge in [-0.2, -0.15) is 0 Å². The molecule has 1 saturated carbocycles. The average molecular weight is 265 g/mol. The quantitative estimate of drug-likeness (QED) is 0.857. The fourth-order valence-electron chi connectivity index (χ4n) is 2.93. The Hall–Kier alpha value is -1.42. The first-order chi connectivity index (χ1) is 9.20. The van der Waals surface area contributed by atoms with Crippen molar-refractivity contribution in [2.24, 2.45) is 0 Å². The maximum Gasteiger partial charge on any atom is 0.164 e. The maximum atomic E-state index is 5.55.